The molecule has 0 aliphatic rings. The maximum Gasteiger partial charge on any atom is 0.212 e. The first-order valence-corrected chi connectivity index (χ1v) is 6.32. The van der Waals surface area contributed by atoms with Gasteiger partial charge >= 0.3 is 0 Å². The lowest BCUT2D eigenvalue weighted by Gasteiger charge is -2.09. The molecule has 0 saturated heterocycles. The van der Waals surface area contributed by atoms with Gasteiger partial charge in [-0.3, -0.25) is 5.41 Å². The normalized spacial score (nSPS) is 9.90. The molecule has 0 atom stereocenters. The van der Waals surface area contributed by atoms with Crippen LogP contribution in [0.4, 0.5) is 5.69 Å². The van der Waals surface area contributed by atoms with Crippen molar-refractivity contribution in [3.8, 4) is 5.75 Å². The summed E-state index contributed by atoms with van der Waals surface area (Å²) in [4.78, 5) is 0. The number of nitrogens with one attached hydrogen (secondary N) is 2. The quantitative estimate of drug-likeness (QED) is 0.647. The van der Waals surface area contributed by atoms with Crippen molar-refractivity contribution in [1.82, 2.24) is 0 Å². The Kier molecular flexibility index (Phi) is 4.60. The summed E-state index contributed by atoms with van der Waals surface area (Å²) in [5, 5.41) is 10.9. The minimum atomic E-state index is 0.178. The lowest BCUT2D eigenvalue weighted by Crippen LogP contribution is -2.03. The van der Waals surface area contributed by atoms with Crippen molar-refractivity contribution in [3.63, 3.8) is 0 Å². The summed E-state index contributed by atoms with van der Waals surface area (Å²) in [6.45, 7) is 0.716. The van der Waals surface area contributed by atoms with E-state index in [9.17, 15) is 0 Å². The van der Waals surface area contributed by atoms with Gasteiger partial charge in [-0.25, -0.2) is 0 Å². The predicted molar refractivity (Wildman–Crippen MR) is 80.6 cm³/mol. The van der Waals surface area contributed by atoms with E-state index in [0.29, 0.717) is 6.54 Å². The van der Waals surface area contributed by atoms with E-state index in [2.05, 4.69) is 5.32 Å². The molecule has 0 fully saturated rings. The molecule has 0 saturated carbocycles. The average molecular weight is 270 g/mol. The molecule has 4 heteroatoms. The van der Waals surface area contributed by atoms with Gasteiger partial charge in [-0.2, -0.15) is 0 Å². The van der Waals surface area contributed by atoms with Gasteiger partial charge < -0.3 is 14.8 Å². The lowest BCUT2D eigenvalue weighted by atomic mass is 10.1. The summed E-state index contributed by atoms with van der Waals surface area (Å²) in [5.74, 6) is 1.01. The number of benzene rings is 2. The highest BCUT2D eigenvalue weighted by Gasteiger charge is 2.01. The Morgan fingerprint density at radius 2 is 1.85 bits per heavy atom. The third-order valence-corrected chi connectivity index (χ3v) is 2.99. The Morgan fingerprint density at radius 1 is 1.10 bits per heavy atom. The molecule has 0 aliphatic heterocycles. The van der Waals surface area contributed by atoms with Crippen LogP contribution in [0.1, 0.15) is 11.1 Å². The molecule has 0 heterocycles. The summed E-state index contributed by atoms with van der Waals surface area (Å²) in [6.07, 6.45) is 0. The zero-order valence-corrected chi connectivity index (χ0v) is 11.6. The van der Waals surface area contributed by atoms with Gasteiger partial charge in [-0.05, 0) is 29.8 Å². The van der Waals surface area contributed by atoms with E-state index in [4.69, 9.17) is 14.9 Å². The fourth-order valence-corrected chi connectivity index (χ4v) is 1.83. The Balaban J connectivity index is 1.98. The highest BCUT2D eigenvalue weighted by Crippen LogP contribution is 2.17. The molecular formula is C16H18N2O2. The molecule has 0 aromatic heterocycles. The minimum Gasteiger partial charge on any atom is -0.497 e. The molecule has 2 N–H and O–H groups in total. The third-order valence-electron chi connectivity index (χ3n) is 2.99. The summed E-state index contributed by atoms with van der Waals surface area (Å²) >= 11 is 0. The summed E-state index contributed by atoms with van der Waals surface area (Å²) in [7, 11) is 3.16. The van der Waals surface area contributed by atoms with Crippen molar-refractivity contribution in [1.29, 1.82) is 5.41 Å². The molecular weight excluding hydrogens is 252 g/mol. The Morgan fingerprint density at radius 3 is 2.50 bits per heavy atom. The van der Waals surface area contributed by atoms with E-state index in [1.807, 2.05) is 48.5 Å². The van der Waals surface area contributed by atoms with Crippen LogP contribution in [0.3, 0.4) is 0 Å². The smallest absolute Gasteiger partial charge is 0.212 e. The molecule has 20 heavy (non-hydrogen) atoms. The monoisotopic (exact) mass is 270 g/mol. The molecule has 0 spiro atoms. The maximum atomic E-state index is 7.58. The molecule has 104 valence electrons. The van der Waals surface area contributed by atoms with Crippen molar-refractivity contribution >= 4 is 11.6 Å². The van der Waals surface area contributed by atoms with E-state index < -0.39 is 0 Å². The fourth-order valence-electron chi connectivity index (χ4n) is 1.83. The van der Waals surface area contributed by atoms with Crippen LogP contribution in [0.25, 0.3) is 0 Å². The van der Waals surface area contributed by atoms with E-state index in [0.717, 1.165) is 22.6 Å². The molecule has 0 amide bonds. The van der Waals surface area contributed by atoms with Gasteiger partial charge in [0.1, 0.15) is 5.75 Å². The molecule has 2 aromatic carbocycles. The molecule has 2 aromatic rings. The van der Waals surface area contributed by atoms with E-state index in [1.165, 1.54) is 7.11 Å². The largest absolute Gasteiger partial charge is 0.497 e. The first-order valence-electron chi connectivity index (χ1n) is 6.32. The summed E-state index contributed by atoms with van der Waals surface area (Å²) in [6, 6.07) is 15.5. The molecule has 0 aliphatic carbocycles. The highest BCUT2D eigenvalue weighted by atomic mass is 16.5. The number of hydrogen-bond acceptors (Lipinski definition) is 4. The number of methoxy groups -OCH3 is 2. The molecule has 0 radical (unpaired) electrons. The van der Waals surface area contributed by atoms with Gasteiger partial charge in [0.2, 0.25) is 5.90 Å². The number of rotatable bonds is 5. The van der Waals surface area contributed by atoms with Crippen LogP contribution in [0.2, 0.25) is 0 Å². The zero-order chi connectivity index (χ0) is 14.4. The number of ether oxygens (including phenoxy) is 2. The van der Waals surface area contributed by atoms with Gasteiger partial charge in [0, 0.05) is 23.9 Å². The van der Waals surface area contributed by atoms with Crippen LogP contribution >= 0.6 is 0 Å². The predicted octanol–water partition coefficient (Wildman–Crippen LogP) is 3.28. The number of anilines is 1. The van der Waals surface area contributed by atoms with Gasteiger partial charge in [0.15, 0.2) is 0 Å². The molecule has 4 nitrogen and oxygen atoms in total. The fraction of sp³-hybridized carbons (Fsp3) is 0.188. The van der Waals surface area contributed by atoms with E-state index in [-0.39, 0.29) is 5.90 Å². The Labute approximate surface area is 118 Å². The van der Waals surface area contributed by atoms with Crippen LogP contribution in [0, 0.1) is 5.41 Å². The topological polar surface area (TPSA) is 54.3 Å². The van der Waals surface area contributed by atoms with Crippen LogP contribution in [0.15, 0.2) is 48.5 Å². The van der Waals surface area contributed by atoms with Gasteiger partial charge in [-0.1, -0.05) is 18.2 Å². The SMILES string of the molecule is COC(=N)c1ccc(CNc2cccc(OC)c2)cc1. The molecule has 0 bridgehead atoms. The Bertz CT molecular complexity index is 579. The van der Waals surface area contributed by atoms with Gasteiger partial charge in [-0.15, -0.1) is 0 Å². The van der Waals surface area contributed by atoms with Crippen LogP contribution in [-0.2, 0) is 11.3 Å². The third kappa shape index (κ3) is 3.51. The maximum absolute atomic E-state index is 7.58. The van der Waals surface area contributed by atoms with Crippen LogP contribution in [-0.4, -0.2) is 20.1 Å². The first-order chi connectivity index (χ1) is 9.72. The second kappa shape index (κ2) is 6.61. The summed E-state index contributed by atoms with van der Waals surface area (Å²) < 4.78 is 10.1. The standard InChI is InChI=1S/C16H18N2O2/c1-19-15-5-3-4-14(10-15)18-11-12-6-8-13(9-7-12)16(17)20-2/h3-10,17-18H,11H2,1-2H3. The lowest BCUT2D eigenvalue weighted by molar-refractivity contribution is 0.401. The van der Waals surface area contributed by atoms with E-state index in [1.54, 1.807) is 7.11 Å². The second-order valence-corrected chi connectivity index (χ2v) is 4.32. The van der Waals surface area contributed by atoms with E-state index >= 15 is 0 Å². The van der Waals surface area contributed by atoms with Gasteiger partial charge in [0.25, 0.3) is 0 Å². The van der Waals surface area contributed by atoms with Crippen molar-refractivity contribution in [2.45, 2.75) is 6.54 Å². The van der Waals surface area contributed by atoms with Crippen molar-refractivity contribution < 1.29 is 9.47 Å². The van der Waals surface area contributed by atoms with Crippen molar-refractivity contribution in [3.05, 3.63) is 59.7 Å². The summed E-state index contributed by atoms with van der Waals surface area (Å²) in [5.41, 5.74) is 2.93. The van der Waals surface area contributed by atoms with Crippen LogP contribution < -0.4 is 10.1 Å². The Hall–Kier alpha value is -2.49. The van der Waals surface area contributed by atoms with Crippen molar-refractivity contribution in [2.75, 3.05) is 19.5 Å². The average Bonchev–Trinajstić information content (AvgIpc) is 2.53. The minimum absolute atomic E-state index is 0.178. The second-order valence-electron chi connectivity index (χ2n) is 4.32. The van der Waals surface area contributed by atoms with Gasteiger partial charge in [0.05, 0.1) is 14.2 Å². The van der Waals surface area contributed by atoms with Crippen LogP contribution in [0.5, 0.6) is 5.75 Å². The first kappa shape index (κ1) is 13.9. The molecule has 2 rings (SSSR count). The molecule has 0 unspecified atom stereocenters. The number of hydrogen-bond donors (Lipinski definition) is 2. The van der Waals surface area contributed by atoms with Crippen molar-refractivity contribution in [2.24, 2.45) is 0 Å². The zero-order valence-electron chi connectivity index (χ0n) is 11.6. The highest BCUT2D eigenvalue weighted by molar-refractivity contribution is 5.91.